The first kappa shape index (κ1) is 5.65. The third kappa shape index (κ3) is 0.852. The van der Waals surface area contributed by atoms with Crippen molar-refractivity contribution in [3.05, 3.63) is 0 Å². The summed E-state index contributed by atoms with van der Waals surface area (Å²) in [5.74, 6) is 0.745. The van der Waals surface area contributed by atoms with E-state index in [0.29, 0.717) is 6.04 Å². The van der Waals surface area contributed by atoms with Gasteiger partial charge in [-0.05, 0) is 7.05 Å². The first-order valence-corrected chi connectivity index (χ1v) is 3.42. The van der Waals surface area contributed by atoms with Crippen molar-refractivity contribution in [2.24, 2.45) is 5.92 Å². The van der Waals surface area contributed by atoms with Crippen LogP contribution in [0.15, 0.2) is 0 Å². The lowest BCUT2D eigenvalue weighted by Crippen LogP contribution is -2.27. The molecule has 2 rings (SSSR count). The largest absolute Gasteiger partial charge is 0.304 e. The molecular formula is C6H12N2O. The fourth-order valence-electron chi connectivity index (χ4n) is 1.65. The molecule has 2 fully saturated rings. The Balaban J connectivity index is 2.02. The van der Waals surface area contributed by atoms with E-state index in [-0.39, 0.29) is 0 Å². The summed E-state index contributed by atoms with van der Waals surface area (Å²) in [5, 5.41) is 0. The highest BCUT2D eigenvalue weighted by Gasteiger charge is 2.35. The van der Waals surface area contributed by atoms with Crippen LogP contribution in [0.25, 0.3) is 0 Å². The zero-order chi connectivity index (χ0) is 6.27. The Hall–Kier alpha value is -0.120. The Morgan fingerprint density at radius 3 is 3.22 bits per heavy atom. The fourth-order valence-corrected chi connectivity index (χ4v) is 1.65. The first-order chi connectivity index (χ1) is 4.36. The molecule has 0 bridgehead atoms. The van der Waals surface area contributed by atoms with E-state index >= 15 is 0 Å². The number of likely N-dealkylation sites (tertiary alicyclic amines) is 1. The monoisotopic (exact) mass is 128 g/mol. The van der Waals surface area contributed by atoms with Crippen LogP contribution in [0, 0.1) is 5.92 Å². The van der Waals surface area contributed by atoms with Crippen LogP contribution < -0.4 is 5.48 Å². The van der Waals surface area contributed by atoms with Crippen molar-refractivity contribution in [2.45, 2.75) is 6.04 Å². The van der Waals surface area contributed by atoms with Gasteiger partial charge in [0, 0.05) is 19.0 Å². The molecule has 0 aliphatic carbocycles. The second-order valence-electron chi connectivity index (χ2n) is 3.02. The van der Waals surface area contributed by atoms with Crippen LogP contribution in [0.1, 0.15) is 0 Å². The van der Waals surface area contributed by atoms with Crippen molar-refractivity contribution in [2.75, 3.05) is 26.7 Å². The second-order valence-corrected chi connectivity index (χ2v) is 3.02. The molecule has 1 N–H and O–H groups in total. The van der Waals surface area contributed by atoms with E-state index in [1.165, 1.54) is 6.54 Å². The Morgan fingerprint density at radius 2 is 2.44 bits per heavy atom. The number of hydrogen-bond acceptors (Lipinski definition) is 3. The molecule has 9 heavy (non-hydrogen) atoms. The smallest absolute Gasteiger partial charge is 0.0739 e. The average molecular weight is 128 g/mol. The summed E-state index contributed by atoms with van der Waals surface area (Å²) >= 11 is 0. The van der Waals surface area contributed by atoms with Gasteiger partial charge in [-0.2, -0.15) is 5.48 Å². The molecule has 0 spiro atoms. The molecule has 52 valence electrons. The van der Waals surface area contributed by atoms with E-state index in [9.17, 15) is 0 Å². The zero-order valence-corrected chi connectivity index (χ0v) is 5.63. The second kappa shape index (κ2) is 1.94. The highest BCUT2D eigenvalue weighted by Crippen LogP contribution is 2.19. The third-order valence-corrected chi connectivity index (χ3v) is 2.16. The van der Waals surface area contributed by atoms with Crippen LogP contribution in [0.4, 0.5) is 0 Å². The van der Waals surface area contributed by atoms with Crippen LogP contribution in [0.5, 0.6) is 0 Å². The van der Waals surface area contributed by atoms with Crippen molar-refractivity contribution in [1.29, 1.82) is 0 Å². The average Bonchev–Trinajstić information content (AvgIpc) is 2.22. The summed E-state index contributed by atoms with van der Waals surface area (Å²) in [6.45, 7) is 3.23. The van der Waals surface area contributed by atoms with E-state index in [1.807, 2.05) is 0 Å². The summed E-state index contributed by atoms with van der Waals surface area (Å²) in [4.78, 5) is 7.42. The van der Waals surface area contributed by atoms with Crippen molar-refractivity contribution < 1.29 is 4.84 Å². The maximum absolute atomic E-state index is 5.08. The molecule has 0 unspecified atom stereocenters. The van der Waals surface area contributed by atoms with Crippen LogP contribution >= 0.6 is 0 Å². The van der Waals surface area contributed by atoms with Gasteiger partial charge in [0.05, 0.1) is 12.6 Å². The van der Waals surface area contributed by atoms with Crippen molar-refractivity contribution in [3.8, 4) is 0 Å². The number of likely N-dealkylation sites (N-methyl/N-ethyl adjacent to an activating group) is 1. The van der Waals surface area contributed by atoms with E-state index in [1.54, 1.807) is 0 Å². The molecule has 3 heteroatoms. The van der Waals surface area contributed by atoms with Gasteiger partial charge in [0.1, 0.15) is 0 Å². The maximum atomic E-state index is 5.08. The van der Waals surface area contributed by atoms with Gasteiger partial charge >= 0.3 is 0 Å². The Morgan fingerprint density at radius 1 is 1.56 bits per heavy atom. The summed E-state index contributed by atoms with van der Waals surface area (Å²) in [5.41, 5.74) is 3.01. The van der Waals surface area contributed by atoms with E-state index in [4.69, 9.17) is 4.84 Å². The van der Waals surface area contributed by atoms with E-state index < -0.39 is 0 Å². The highest BCUT2D eigenvalue weighted by atomic mass is 16.7. The number of fused-ring (bicyclic) bond motifs is 1. The maximum Gasteiger partial charge on any atom is 0.0739 e. The Kier molecular flexibility index (Phi) is 1.22. The highest BCUT2D eigenvalue weighted by molar-refractivity contribution is 4.88. The number of nitrogens with zero attached hydrogens (tertiary/aromatic N) is 1. The SMILES string of the molecule is CN1C[C@H]2CON[C@H]2C1. The molecule has 3 nitrogen and oxygen atoms in total. The van der Waals surface area contributed by atoms with E-state index in [2.05, 4.69) is 17.4 Å². The number of rotatable bonds is 0. The molecule has 0 saturated carbocycles. The van der Waals surface area contributed by atoms with Crippen LogP contribution in [0.3, 0.4) is 0 Å². The Bertz CT molecular complexity index is 106. The summed E-state index contributed by atoms with van der Waals surface area (Å²) in [7, 11) is 2.15. The van der Waals surface area contributed by atoms with E-state index in [0.717, 1.165) is 19.1 Å². The van der Waals surface area contributed by atoms with Crippen molar-refractivity contribution in [1.82, 2.24) is 10.4 Å². The molecule has 2 atom stereocenters. The standard InChI is InChI=1S/C6H12N2O/c1-8-2-5-4-9-7-6(5)3-8/h5-7H,2-4H2,1H3/t5-,6-/m0/s1. The minimum absolute atomic E-state index is 0.606. The lowest BCUT2D eigenvalue weighted by atomic mass is 10.1. The number of hydrogen-bond donors (Lipinski definition) is 1. The minimum atomic E-state index is 0.606. The molecular weight excluding hydrogens is 116 g/mol. The van der Waals surface area contributed by atoms with Crippen molar-refractivity contribution in [3.63, 3.8) is 0 Å². The zero-order valence-electron chi connectivity index (χ0n) is 5.63. The quantitative estimate of drug-likeness (QED) is 0.474. The summed E-state index contributed by atoms with van der Waals surface area (Å²) in [6, 6.07) is 0.606. The molecule has 2 aliphatic rings. The van der Waals surface area contributed by atoms with Crippen LogP contribution in [0.2, 0.25) is 0 Å². The van der Waals surface area contributed by atoms with Crippen molar-refractivity contribution >= 4 is 0 Å². The first-order valence-electron chi connectivity index (χ1n) is 3.42. The molecule has 2 heterocycles. The molecule has 0 aromatic heterocycles. The van der Waals surface area contributed by atoms with Gasteiger partial charge in [-0.1, -0.05) is 0 Å². The van der Waals surface area contributed by atoms with Gasteiger partial charge < -0.3 is 9.74 Å². The van der Waals surface area contributed by atoms with Gasteiger partial charge in [0.15, 0.2) is 0 Å². The summed E-state index contributed by atoms with van der Waals surface area (Å²) < 4.78 is 0. The van der Waals surface area contributed by atoms with Gasteiger partial charge in [-0.25, -0.2) is 0 Å². The number of hydroxylamine groups is 1. The fraction of sp³-hybridized carbons (Fsp3) is 1.00. The molecule has 0 amide bonds. The predicted octanol–water partition coefficient (Wildman–Crippen LogP) is -0.549. The van der Waals surface area contributed by atoms with Gasteiger partial charge in [0.25, 0.3) is 0 Å². The molecule has 0 aromatic carbocycles. The molecule has 2 aliphatic heterocycles. The lowest BCUT2D eigenvalue weighted by Gasteiger charge is -2.07. The molecule has 0 aromatic rings. The molecule has 0 radical (unpaired) electrons. The van der Waals surface area contributed by atoms with Gasteiger partial charge in [-0.15, -0.1) is 0 Å². The van der Waals surface area contributed by atoms with Gasteiger partial charge in [0.2, 0.25) is 0 Å². The normalized spacial score (nSPS) is 43.7. The lowest BCUT2D eigenvalue weighted by molar-refractivity contribution is 0.0744. The third-order valence-electron chi connectivity index (χ3n) is 2.16. The van der Waals surface area contributed by atoms with Gasteiger partial charge in [-0.3, -0.25) is 0 Å². The topological polar surface area (TPSA) is 24.5 Å². The Labute approximate surface area is 54.9 Å². The summed E-state index contributed by atoms with van der Waals surface area (Å²) in [6.07, 6.45) is 0. The van der Waals surface area contributed by atoms with Crippen LogP contribution in [-0.2, 0) is 4.84 Å². The number of nitrogens with one attached hydrogen (secondary N) is 1. The molecule has 2 saturated heterocycles. The predicted molar refractivity (Wildman–Crippen MR) is 33.9 cm³/mol. The van der Waals surface area contributed by atoms with Crippen LogP contribution in [-0.4, -0.2) is 37.7 Å². The minimum Gasteiger partial charge on any atom is -0.304 e.